The largest absolute Gasteiger partial charge is 0.484 e. The van der Waals surface area contributed by atoms with Gasteiger partial charge in [-0.2, -0.15) is 0 Å². The molecule has 1 aromatic heterocycles. The summed E-state index contributed by atoms with van der Waals surface area (Å²) in [6.07, 6.45) is 1.70. The number of nitrogens with zero attached hydrogens (tertiary/aromatic N) is 1. The van der Waals surface area contributed by atoms with Crippen LogP contribution in [0, 0.1) is 0 Å². The van der Waals surface area contributed by atoms with E-state index in [-0.39, 0.29) is 25.3 Å². The smallest absolute Gasteiger partial charge is 0.231 e. The molecule has 0 aliphatic carbocycles. The van der Waals surface area contributed by atoms with Crippen LogP contribution in [0.4, 0.5) is 0 Å². The molecule has 0 fully saturated rings. The average molecular weight is 310 g/mol. The van der Waals surface area contributed by atoms with Gasteiger partial charge in [0.15, 0.2) is 11.5 Å². The van der Waals surface area contributed by atoms with E-state index in [9.17, 15) is 0 Å². The summed E-state index contributed by atoms with van der Waals surface area (Å²) >= 11 is 0. The number of halogens is 1. The highest BCUT2D eigenvalue weighted by Crippen LogP contribution is 2.37. The van der Waals surface area contributed by atoms with Crippen molar-refractivity contribution in [1.82, 2.24) is 4.90 Å². The lowest BCUT2D eigenvalue weighted by molar-refractivity contribution is 0.119. The summed E-state index contributed by atoms with van der Waals surface area (Å²) in [6, 6.07) is 7.64. The third kappa shape index (κ3) is 2.54. The fourth-order valence-electron chi connectivity index (χ4n) is 2.67. The summed E-state index contributed by atoms with van der Waals surface area (Å²) in [5.41, 5.74) is 1.13. The molecule has 0 bridgehead atoms. The van der Waals surface area contributed by atoms with Crippen molar-refractivity contribution in [3.63, 3.8) is 0 Å². The molecule has 112 valence electrons. The standard InChI is InChI=1S/C15H15NO4.ClH/c1-16-7-14-11(4-5-17-14)15(8-16)20-10-2-3-12-13(6-10)19-9-18-12;/h2-6,15H,7-9H2,1H3;1H. The number of ether oxygens (including phenoxy) is 3. The van der Waals surface area contributed by atoms with Gasteiger partial charge >= 0.3 is 0 Å². The van der Waals surface area contributed by atoms with E-state index in [0.29, 0.717) is 0 Å². The van der Waals surface area contributed by atoms with Gasteiger partial charge < -0.3 is 18.6 Å². The van der Waals surface area contributed by atoms with Crippen LogP contribution in [0.5, 0.6) is 17.2 Å². The van der Waals surface area contributed by atoms with E-state index in [0.717, 1.165) is 41.7 Å². The Balaban J connectivity index is 0.00000132. The number of fused-ring (bicyclic) bond motifs is 2. The first-order chi connectivity index (χ1) is 9.79. The molecule has 0 spiro atoms. The van der Waals surface area contributed by atoms with E-state index in [2.05, 4.69) is 11.9 Å². The summed E-state index contributed by atoms with van der Waals surface area (Å²) < 4.78 is 22.3. The second-order valence-electron chi connectivity index (χ2n) is 5.12. The first kappa shape index (κ1) is 14.1. The Hall–Kier alpha value is -1.85. The van der Waals surface area contributed by atoms with Gasteiger partial charge in [0.1, 0.15) is 17.6 Å². The monoisotopic (exact) mass is 309 g/mol. The van der Waals surface area contributed by atoms with Crippen LogP contribution in [-0.4, -0.2) is 25.3 Å². The Labute approximate surface area is 128 Å². The minimum absolute atomic E-state index is 0. The summed E-state index contributed by atoms with van der Waals surface area (Å²) in [5, 5.41) is 0. The zero-order valence-corrected chi connectivity index (χ0v) is 12.4. The molecule has 5 nitrogen and oxygen atoms in total. The zero-order chi connectivity index (χ0) is 13.5. The molecule has 2 aliphatic rings. The van der Waals surface area contributed by atoms with E-state index in [1.807, 2.05) is 24.3 Å². The highest BCUT2D eigenvalue weighted by Gasteiger charge is 2.27. The van der Waals surface area contributed by atoms with Crippen molar-refractivity contribution in [3.05, 3.63) is 41.9 Å². The van der Waals surface area contributed by atoms with Gasteiger partial charge in [-0.15, -0.1) is 12.4 Å². The Morgan fingerprint density at radius 3 is 2.95 bits per heavy atom. The molecule has 0 saturated carbocycles. The summed E-state index contributed by atoms with van der Waals surface area (Å²) in [6.45, 7) is 1.93. The number of hydrogen-bond acceptors (Lipinski definition) is 5. The lowest BCUT2D eigenvalue weighted by Crippen LogP contribution is -2.32. The van der Waals surface area contributed by atoms with Gasteiger partial charge in [-0.1, -0.05) is 0 Å². The molecule has 1 aromatic carbocycles. The molecule has 1 unspecified atom stereocenters. The van der Waals surface area contributed by atoms with Crippen LogP contribution in [0.15, 0.2) is 34.9 Å². The quantitative estimate of drug-likeness (QED) is 0.853. The van der Waals surface area contributed by atoms with E-state index < -0.39 is 0 Å². The van der Waals surface area contributed by atoms with Crippen LogP contribution in [-0.2, 0) is 6.54 Å². The van der Waals surface area contributed by atoms with Crippen molar-refractivity contribution >= 4 is 12.4 Å². The number of benzene rings is 1. The molecule has 0 saturated heterocycles. The predicted molar refractivity (Wildman–Crippen MR) is 78.2 cm³/mol. The van der Waals surface area contributed by atoms with Crippen LogP contribution in [0.2, 0.25) is 0 Å². The second kappa shape index (κ2) is 5.50. The fourth-order valence-corrected chi connectivity index (χ4v) is 2.67. The van der Waals surface area contributed by atoms with Gasteiger partial charge in [0.25, 0.3) is 0 Å². The Morgan fingerprint density at radius 1 is 1.19 bits per heavy atom. The van der Waals surface area contributed by atoms with Crippen molar-refractivity contribution in [2.24, 2.45) is 0 Å². The molecule has 1 atom stereocenters. The molecule has 0 N–H and O–H groups in total. The number of rotatable bonds is 2. The van der Waals surface area contributed by atoms with E-state index >= 15 is 0 Å². The van der Waals surface area contributed by atoms with Crippen molar-refractivity contribution in [1.29, 1.82) is 0 Å². The van der Waals surface area contributed by atoms with Gasteiger partial charge in [0, 0.05) is 18.2 Å². The Kier molecular flexibility index (Phi) is 3.69. The normalized spacial score (nSPS) is 19.8. The maximum Gasteiger partial charge on any atom is 0.231 e. The Morgan fingerprint density at radius 2 is 2.05 bits per heavy atom. The molecule has 0 amide bonds. The average Bonchev–Trinajstić information content (AvgIpc) is 3.05. The van der Waals surface area contributed by atoms with Gasteiger partial charge in [0.05, 0.1) is 12.8 Å². The highest BCUT2D eigenvalue weighted by atomic mass is 35.5. The van der Waals surface area contributed by atoms with Crippen LogP contribution in [0.25, 0.3) is 0 Å². The maximum atomic E-state index is 6.10. The molecule has 3 heterocycles. The van der Waals surface area contributed by atoms with Crippen molar-refractivity contribution in [2.45, 2.75) is 12.6 Å². The molecular weight excluding hydrogens is 294 g/mol. The molecule has 6 heteroatoms. The topological polar surface area (TPSA) is 44.1 Å². The number of furan rings is 1. The van der Waals surface area contributed by atoms with Gasteiger partial charge in [-0.25, -0.2) is 0 Å². The molecular formula is C15H16ClNO4. The molecule has 21 heavy (non-hydrogen) atoms. The van der Waals surface area contributed by atoms with Crippen LogP contribution < -0.4 is 14.2 Å². The minimum Gasteiger partial charge on any atom is -0.484 e. The fraction of sp³-hybridized carbons (Fsp3) is 0.333. The van der Waals surface area contributed by atoms with Crippen molar-refractivity contribution < 1.29 is 18.6 Å². The number of hydrogen-bond donors (Lipinski definition) is 0. The maximum absolute atomic E-state index is 6.10. The van der Waals surface area contributed by atoms with E-state index in [1.165, 1.54) is 0 Å². The molecule has 2 aliphatic heterocycles. The second-order valence-corrected chi connectivity index (χ2v) is 5.12. The van der Waals surface area contributed by atoms with Crippen molar-refractivity contribution in [3.8, 4) is 17.2 Å². The third-order valence-electron chi connectivity index (χ3n) is 3.64. The van der Waals surface area contributed by atoms with Crippen LogP contribution in [0.3, 0.4) is 0 Å². The van der Waals surface area contributed by atoms with Gasteiger partial charge in [-0.3, -0.25) is 4.90 Å². The van der Waals surface area contributed by atoms with Gasteiger partial charge in [-0.05, 0) is 25.2 Å². The number of likely N-dealkylation sites (N-methyl/N-ethyl adjacent to an activating group) is 1. The highest BCUT2D eigenvalue weighted by molar-refractivity contribution is 5.85. The first-order valence-electron chi connectivity index (χ1n) is 6.61. The van der Waals surface area contributed by atoms with Gasteiger partial charge in [0.2, 0.25) is 6.79 Å². The van der Waals surface area contributed by atoms with Crippen LogP contribution in [0.1, 0.15) is 17.4 Å². The molecule has 4 rings (SSSR count). The van der Waals surface area contributed by atoms with E-state index in [4.69, 9.17) is 18.6 Å². The predicted octanol–water partition coefficient (Wildman–Crippen LogP) is 3.00. The lowest BCUT2D eigenvalue weighted by Gasteiger charge is -2.29. The first-order valence-corrected chi connectivity index (χ1v) is 6.61. The summed E-state index contributed by atoms with van der Waals surface area (Å²) in [7, 11) is 2.06. The van der Waals surface area contributed by atoms with Crippen molar-refractivity contribution in [2.75, 3.05) is 20.4 Å². The third-order valence-corrected chi connectivity index (χ3v) is 3.64. The lowest BCUT2D eigenvalue weighted by atomic mass is 10.1. The minimum atomic E-state index is -0.0251. The summed E-state index contributed by atoms with van der Waals surface area (Å²) in [4.78, 5) is 2.18. The Bertz CT molecular complexity index is 642. The SMILES string of the molecule is CN1Cc2occc2C(Oc2ccc3c(c2)OCO3)C1.Cl. The molecule has 0 radical (unpaired) electrons. The van der Waals surface area contributed by atoms with E-state index in [1.54, 1.807) is 6.26 Å². The molecule has 2 aromatic rings. The summed E-state index contributed by atoms with van der Waals surface area (Å²) in [5.74, 6) is 3.26. The van der Waals surface area contributed by atoms with Crippen LogP contribution >= 0.6 is 12.4 Å². The zero-order valence-electron chi connectivity index (χ0n) is 11.6.